The molecule has 0 saturated carbocycles. The van der Waals surface area contributed by atoms with Gasteiger partial charge >= 0.3 is 12.0 Å². The summed E-state index contributed by atoms with van der Waals surface area (Å²) in [5.74, 6) is -0.0743. The predicted molar refractivity (Wildman–Crippen MR) is 70.2 cm³/mol. The molecular formula is C12H20N4O4. The molecule has 20 heavy (non-hydrogen) atoms. The minimum absolute atomic E-state index is 0.288. The van der Waals surface area contributed by atoms with Gasteiger partial charge in [-0.25, -0.2) is 9.59 Å². The zero-order valence-corrected chi connectivity index (χ0v) is 11.9. The Morgan fingerprint density at radius 2 is 2.00 bits per heavy atom. The lowest BCUT2D eigenvalue weighted by Gasteiger charge is -2.27. The highest BCUT2D eigenvalue weighted by Crippen LogP contribution is 2.15. The smallest absolute Gasteiger partial charge is 0.329 e. The van der Waals surface area contributed by atoms with Crippen LogP contribution in [0.5, 0.6) is 0 Å². The molecule has 1 rings (SSSR count). The number of nitrogens with one attached hydrogen (secondary N) is 2. The molecule has 0 unspecified atom stereocenters. The number of carbonyl (C=O) groups is 2. The van der Waals surface area contributed by atoms with Gasteiger partial charge in [0.05, 0.1) is 0 Å². The van der Waals surface area contributed by atoms with Gasteiger partial charge in [-0.15, -0.1) is 0 Å². The van der Waals surface area contributed by atoms with Gasteiger partial charge in [-0.05, 0) is 19.8 Å². The van der Waals surface area contributed by atoms with E-state index in [1.807, 2.05) is 0 Å². The monoisotopic (exact) mass is 284 g/mol. The number of rotatable bonds is 7. The van der Waals surface area contributed by atoms with Crippen LogP contribution in [0.2, 0.25) is 0 Å². The lowest BCUT2D eigenvalue weighted by molar-refractivity contribution is -0.144. The third-order valence-electron chi connectivity index (χ3n) is 3.16. The summed E-state index contributed by atoms with van der Waals surface area (Å²) in [7, 11) is 0. The molecule has 0 aromatic carbocycles. The maximum absolute atomic E-state index is 11.7. The zero-order chi connectivity index (χ0) is 15.2. The summed E-state index contributed by atoms with van der Waals surface area (Å²) in [6, 6.07) is -0.521. The van der Waals surface area contributed by atoms with Crippen LogP contribution < -0.4 is 10.6 Å². The molecule has 1 heterocycles. The number of hydrogen-bond donors (Lipinski definition) is 3. The second kappa shape index (κ2) is 6.88. The molecule has 0 spiro atoms. The summed E-state index contributed by atoms with van der Waals surface area (Å²) in [4.78, 5) is 27.0. The molecule has 8 heteroatoms. The Kier molecular flexibility index (Phi) is 5.48. The van der Waals surface area contributed by atoms with Gasteiger partial charge in [-0.3, -0.25) is 0 Å². The standard InChI is InChI=1S/C12H20N4O4/c1-4-12(5-2,10(17)18)15-11(19)13-7-6-9-14-8(3)16-20-9/h4-7H2,1-3H3,(H,17,18)(H2,13,15,19). The quantitative estimate of drug-likeness (QED) is 0.683. The molecular weight excluding hydrogens is 264 g/mol. The fourth-order valence-corrected chi connectivity index (χ4v) is 1.77. The second-order valence-electron chi connectivity index (χ2n) is 4.46. The van der Waals surface area contributed by atoms with E-state index in [4.69, 9.17) is 4.52 Å². The molecule has 0 aliphatic rings. The van der Waals surface area contributed by atoms with Crippen molar-refractivity contribution < 1.29 is 19.2 Å². The largest absolute Gasteiger partial charge is 0.480 e. The van der Waals surface area contributed by atoms with E-state index < -0.39 is 17.5 Å². The molecule has 0 radical (unpaired) electrons. The topological polar surface area (TPSA) is 117 Å². The van der Waals surface area contributed by atoms with Crippen LogP contribution >= 0.6 is 0 Å². The van der Waals surface area contributed by atoms with Gasteiger partial charge in [0.25, 0.3) is 0 Å². The first kappa shape index (κ1) is 15.9. The molecule has 0 bridgehead atoms. The van der Waals surface area contributed by atoms with Gasteiger partial charge < -0.3 is 20.3 Å². The Morgan fingerprint density at radius 1 is 1.35 bits per heavy atom. The highest BCUT2D eigenvalue weighted by atomic mass is 16.5. The number of aryl methyl sites for hydroxylation is 1. The van der Waals surface area contributed by atoms with Crippen molar-refractivity contribution in [3.8, 4) is 0 Å². The highest BCUT2D eigenvalue weighted by molar-refractivity contribution is 5.86. The lowest BCUT2D eigenvalue weighted by Crippen LogP contribution is -2.56. The predicted octanol–water partition coefficient (Wildman–Crippen LogP) is 0.863. The molecule has 0 fully saturated rings. The van der Waals surface area contributed by atoms with Crippen molar-refractivity contribution >= 4 is 12.0 Å². The Hall–Kier alpha value is -2.12. The maximum atomic E-state index is 11.7. The van der Waals surface area contributed by atoms with E-state index in [9.17, 15) is 14.7 Å². The number of nitrogens with zero attached hydrogens (tertiary/aromatic N) is 2. The van der Waals surface area contributed by atoms with Crippen molar-refractivity contribution in [3.05, 3.63) is 11.7 Å². The van der Waals surface area contributed by atoms with Crippen LogP contribution in [0, 0.1) is 6.92 Å². The molecule has 1 aromatic heterocycles. The first-order chi connectivity index (χ1) is 9.43. The average molecular weight is 284 g/mol. The van der Waals surface area contributed by atoms with Crippen LogP contribution in [0.15, 0.2) is 4.52 Å². The molecule has 8 nitrogen and oxygen atoms in total. The van der Waals surface area contributed by atoms with Crippen molar-refractivity contribution in [3.63, 3.8) is 0 Å². The maximum Gasteiger partial charge on any atom is 0.329 e. The Bertz CT molecular complexity index is 468. The molecule has 112 valence electrons. The zero-order valence-electron chi connectivity index (χ0n) is 11.9. The van der Waals surface area contributed by atoms with Crippen molar-refractivity contribution in [2.45, 2.75) is 45.6 Å². The van der Waals surface area contributed by atoms with Gasteiger partial charge in [0.2, 0.25) is 5.89 Å². The number of hydrogen-bond acceptors (Lipinski definition) is 5. The first-order valence-electron chi connectivity index (χ1n) is 6.52. The van der Waals surface area contributed by atoms with E-state index in [1.165, 1.54) is 0 Å². The minimum Gasteiger partial charge on any atom is -0.480 e. The van der Waals surface area contributed by atoms with E-state index in [0.717, 1.165) is 0 Å². The number of aliphatic carboxylic acids is 1. The number of carboxylic acids is 1. The van der Waals surface area contributed by atoms with Crippen molar-refractivity contribution in [1.82, 2.24) is 20.8 Å². The minimum atomic E-state index is -1.23. The molecule has 2 amide bonds. The highest BCUT2D eigenvalue weighted by Gasteiger charge is 2.36. The summed E-state index contributed by atoms with van der Waals surface area (Å²) < 4.78 is 4.90. The van der Waals surface area contributed by atoms with Crippen LogP contribution in [-0.4, -0.2) is 39.3 Å². The normalized spacial score (nSPS) is 11.2. The fraction of sp³-hybridized carbons (Fsp3) is 0.667. The van der Waals surface area contributed by atoms with Gasteiger partial charge in [-0.2, -0.15) is 4.98 Å². The average Bonchev–Trinajstić information content (AvgIpc) is 2.81. The van der Waals surface area contributed by atoms with Gasteiger partial charge in [0.15, 0.2) is 5.82 Å². The summed E-state index contributed by atoms with van der Waals surface area (Å²) in [5.41, 5.74) is -1.23. The first-order valence-corrected chi connectivity index (χ1v) is 6.52. The van der Waals surface area contributed by atoms with E-state index in [1.54, 1.807) is 20.8 Å². The number of carboxylic acid groups (broad SMARTS) is 1. The van der Waals surface area contributed by atoms with E-state index in [0.29, 0.717) is 31.0 Å². The Labute approximate surface area is 116 Å². The summed E-state index contributed by atoms with van der Waals surface area (Å²) in [5, 5.41) is 17.9. The van der Waals surface area contributed by atoms with Crippen LogP contribution in [0.25, 0.3) is 0 Å². The molecule has 0 saturated heterocycles. The second-order valence-corrected chi connectivity index (χ2v) is 4.46. The van der Waals surface area contributed by atoms with Crippen LogP contribution in [0.4, 0.5) is 4.79 Å². The third-order valence-corrected chi connectivity index (χ3v) is 3.16. The molecule has 0 atom stereocenters. The van der Waals surface area contributed by atoms with Crippen LogP contribution in [0.1, 0.15) is 38.4 Å². The summed E-state index contributed by atoms with van der Waals surface area (Å²) in [6.45, 7) is 5.44. The van der Waals surface area contributed by atoms with Crippen molar-refractivity contribution in [2.75, 3.05) is 6.54 Å². The van der Waals surface area contributed by atoms with E-state index in [-0.39, 0.29) is 6.54 Å². The van der Waals surface area contributed by atoms with Crippen LogP contribution in [0.3, 0.4) is 0 Å². The number of carbonyl (C=O) groups excluding carboxylic acids is 1. The van der Waals surface area contributed by atoms with Crippen molar-refractivity contribution in [2.24, 2.45) is 0 Å². The Balaban J connectivity index is 2.44. The number of aromatic nitrogens is 2. The third kappa shape index (κ3) is 3.94. The molecule has 0 aliphatic heterocycles. The SMILES string of the molecule is CCC(CC)(NC(=O)NCCc1nc(C)no1)C(=O)O. The molecule has 0 aliphatic carbocycles. The summed E-state index contributed by atoms with van der Waals surface area (Å²) in [6.07, 6.45) is 1.02. The lowest BCUT2D eigenvalue weighted by atomic mass is 9.93. The van der Waals surface area contributed by atoms with Gasteiger partial charge in [0.1, 0.15) is 5.54 Å². The molecule has 1 aromatic rings. The number of amides is 2. The molecule has 3 N–H and O–H groups in total. The van der Waals surface area contributed by atoms with Crippen LogP contribution in [-0.2, 0) is 11.2 Å². The number of urea groups is 1. The van der Waals surface area contributed by atoms with E-state index in [2.05, 4.69) is 20.8 Å². The summed E-state index contributed by atoms with van der Waals surface area (Å²) >= 11 is 0. The van der Waals surface area contributed by atoms with Gasteiger partial charge in [0, 0.05) is 13.0 Å². The fourth-order valence-electron chi connectivity index (χ4n) is 1.77. The van der Waals surface area contributed by atoms with E-state index >= 15 is 0 Å². The van der Waals surface area contributed by atoms with Gasteiger partial charge in [-0.1, -0.05) is 19.0 Å². The Morgan fingerprint density at radius 3 is 2.45 bits per heavy atom. The van der Waals surface area contributed by atoms with Crippen molar-refractivity contribution in [1.29, 1.82) is 0 Å².